The predicted octanol–water partition coefficient (Wildman–Crippen LogP) is 1.88. The first-order valence-corrected chi connectivity index (χ1v) is 6.03. The van der Waals surface area contributed by atoms with E-state index in [0.717, 1.165) is 18.3 Å². The van der Waals surface area contributed by atoms with Gasteiger partial charge in [-0.15, -0.1) is 0 Å². The Kier molecular flexibility index (Phi) is 3.13. The molecule has 14 heavy (non-hydrogen) atoms. The normalized spacial score (nSPS) is 43.7. The first-order chi connectivity index (χ1) is 6.68. The Morgan fingerprint density at radius 3 is 2.14 bits per heavy atom. The third-order valence-corrected chi connectivity index (χ3v) is 4.26. The standard InChI is InChI=1S/C12H23NO/c1-13(2)11-7-9-5-3-4-6-10(9)8-12(11)14/h9-12,14H,3-8H2,1-2H3/t9-,10-,11+,12-/m1/s1. The molecule has 2 rings (SSSR count). The molecular formula is C12H23NO. The topological polar surface area (TPSA) is 23.5 Å². The Morgan fingerprint density at radius 2 is 1.57 bits per heavy atom. The zero-order valence-corrected chi connectivity index (χ0v) is 9.45. The monoisotopic (exact) mass is 197 g/mol. The van der Waals surface area contributed by atoms with Crippen LogP contribution in [0.3, 0.4) is 0 Å². The molecule has 2 fully saturated rings. The molecule has 0 amide bonds. The number of hydrogen-bond acceptors (Lipinski definition) is 2. The van der Waals surface area contributed by atoms with E-state index in [1.54, 1.807) is 0 Å². The van der Waals surface area contributed by atoms with Crippen LogP contribution < -0.4 is 0 Å². The van der Waals surface area contributed by atoms with Gasteiger partial charge in [-0.1, -0.05) is 25.7 Å². The van der Waals surface area contributed by atoms with Gasteiger partial charge in [0.25, 0.3) is 0 Å². The van der Waals surface area contributed by atoms with Gasteiger partial charge in [0, 0.05) is 6.04 Å². The van der Waals surface area contributed by atoms with Gasteiger partial charge in [-0.25, -0.2) is 0 Å². The Balaban J connectivity index is 1.99. The van der Waals surface area contributed by atoms with E-state index in [2.05, 4.69) is 19.0 Å². The van der Waals surface area contributed by atoms with Crippen LogP contribution in [-0.2, 0) is 0 Å². The molecule has 0 bridgehead atoms. The molecule has 0 unspecified atom stereocenters. The lowest BCUT2D eigenvalue weighted by Crippen LogP contribution is -2.47. The van der Waals surface area contributed by atoms with Crippen LogP contribution in [0.4, 0.5) is 0 Å². The van der Waals surface area contributed by atoms with Crippen molar-refractivity contribution < 1.29 is 5.11 Å². The summed E-state index contributed by atoms with van der Waals surface area (Å²) < 4.78 is 0. The van der Waals surface area contributed by atoms with Crippen LogP contribution in [0.5, 0.6) is 0 Å². The molecule has 1 N–H and O–H groups in total. The summed E-state index contributed by atoms with van der Waals surface area (Å²) in [7, 11) is 4.19. The molecule has 0 spiro atoms. The second-order valence-corrected chi connectivity index (χ2v) is 5.37. The van der Waals surface area contributed by atoms with Crippen LogP contribution in [0.2, 0.25) is 0 Å². The SMILES string of the molecule is CN(C)[C@H]1C[C@H]2CCCC[C@@H]2C[C@H]1O. The largest absolute Gasteiger partial charge is 0.391 e. The van der Waals surface area contributed by atoms with E-state index in [1.807, 2.05) is 0 Å². The Morgan fingerprint density at radius 1 is 1.00 bits per heavy atom. The number of aliphatic hydroxyl groups excluding tert-OH is 1. The molecule has 2 aliphatic carbocycles. The Bertz CT molecular complexity index is 193. The lowest BCUT2D eigenvalue weighted by atomic mass is 9.68. The maximum Gasteiger partial charge on any atom is 0.0698 e. The maximum atomic E-state index is 10.0. The van der Waals surface area contributed by atoms with Gasteiger partial charge in [-0.2, -0.15) is 0 Å². The highest BCUT2D eigenvalue weighted by molar-refractivity contribution is 4.91. The maximum absolute atomic E-state index is 10.0. The summed E-state index contributed by atoms with van der Waals surface area (Å²) >= 11 is 0. The van der Waals surface area contributed by atoms with E-state index >= 15 is 0 Å². The minimum atomic E-state index is -0.0793. The smallest absolute Gasteiger partial charge is 0.0698 e. The molecule has 0 heterocycles. The fraction of sp³-hybridized carbons (Fsp3) is 1.00. The lowest BCUT2D eigenvalue weighted by molar-refractivity contribution is -0.0157. The highest BCUT2D eigenvalue weighted by atomic mass is 16.3. The third-order valence-electron chi connectivity index (χ3n) is 4.26. The molecule has 82 valence electrons. The third kappa shape index (κ3) is 1.96. The fourth-order valence-corrected chi connectivity index (χ4v) is 3.39. The summed E-state index contributed by atoms with van der Waals surface area (Å²) in [5.41, 5.74) is 0. The van der Waals surface area contributed by atoms with E-state index < -0.39 is 0 Å². The molecule has 0 aromatic heterocycles. The minimum Gasteiger partial charge on any atom is -0.391 e. The Hall–Kier alpha value is -0.0800. The van der Waals surface area contributed by atoms with Crippen LogP contribution in [0.15, 0.2) is 0 Å². The number of fused-ring (bicyclic) bond motifs is 1. The van der Waals surface area contributed by atoms with Crippen LogP contribution in [0, 0.1) is 11.8 Å². The lowest BCUT2D eigenvalue weighted by Gasteiger charge is -2.44. The zero-order valence-electron chi connectivity index (χ0n) is 9.45. The molecule has 2 saturated carbocycles. The van der Waals surface area contributed by atoms with Crippen molar-refractivity contribution >= 4 is 0 Å². The van der Waals surface area contributed by atoms with Gasteiger partial charge >= 0.3 is 0 Å². The highest BCUT2D eigenvalue weighted by Gasteiger charge is 2.37. The fourth-order valence-electron chi connectivity index (χ4n) is 3.39. The highest BCUT2D eigenvalue weighted by Crippen LogP contribution is 2.41. The second-order valence-electron chi connectivity index (χ2n) is 5.37. The molecule has 0 aromatic carbocycles. The summed E-state index contributed by atoms with van der Waals surface area (Å²) in [5, 5.41) is 10.0. The van der Waals surface area contributed by atoms with Crippen molar-refractivity contribution in [3.8, 4) is 0 Å². The number of likely N-dealkylation sites (N-methyl/N-ethyl adjacent to an activating group) is 1. The molecule has 2 heteroatoms. The second kappa shape index (κ2) is 4.19. The quantitative estimate of drug-likeness (QED) is 0.694. The molecule has 0 radical (unpaired) electrons. The van der Waals surface area contributed by atoms with Crippen molar-refractivity contribution in [3.05, 3.63) is 0 Å². The summed E-state index contributed by atoms with van der Waals surface area (Å²) in [4.78, 5) is 2.20. The first-order valence-electron chi connectivity index (χ1n) is 6.03. The molecule has 0 saturated heterocycles. The van der Waals surface area contributed by atoms with Crippen LogP contribution in [-0.4, -0.2) is 36.2 Å². The van der Waals surface area contributed by atoms with Crippen molar-refractivity contribution in [1.29, 1.82) is 0 Å². The van der Waals surface area contributed by atoms with E-state index in [1.165, 1.54) is 32.1 Å². The number of hydrogen-bond donors (Lipinski definition) is 1. The van der Waals surface area contributed by atoms with E-state index in [0.29, 0.717) is 6.04 Å². The average Bonchev–Trinajstić information content (AvgIpc) is 2.16. The number of aliphatic hydroxyl groups is 1. The average molecular weight is 197 g/mol. The van der Waals surface area contributed by atoms with Crippen molar-refractivity contribution in [2.75, 3.05) is 14.1 Å². The van der Waals surface area contributed by atoms with Gasteiger partial charge in [0.05, 0.1) is 6.10 Å². The summed E-state index contributed by atoms with van der Waals surface area (Å²) in [5.74, 6) is 1.73. The van der Waals surface area contributed by atoms with Crippen LogP contribution in [0.25, 0.3) is 0 Å². The minimum absolute atomic E-state index is 0.0793. The van der Waals surface area contributed by atoms with Crippen LogP contribution in [0.1, 0.15) is 38.5 Å². The Labute approximate surface area is 87.3 Å². The van der Waals surface area contributed by atoms with Crippen molar-refractivity contribution in [2.24, 2.45) is 11.8 Å². The van der Waals surface area contributed by atoms with Crippen molar-refractivity contribution in [1.82, 2.24) is 4.90 Å². The van der Waals surface area contributed by atoms with Gasteiger partial charge in [-0.3, -0.25) is 0 Å². The number of nitrogens with zero attached hydrogens (tertiary/aromatic N) is 1. The molecule has 0 aromatic rings. The first kappa shape index (κ1) is 10.4. The predicted molar refractivity (Wildman–Crippen MR) is 58.2 cm³/mol. The summed E-state index contributed by atoms with van der Waals surface area (Å²) in [6.45, 7) is 0. The van der Waals surface area contributed by atoms with Gasteiger partial charge in [0.15, 0.2) is 0 Å². The van der Waals surface area contributed by atoms with Crippen LogP contribution >= 0.6 is 0 Å². The number of rotatable bonds is 1. The van der Waals surface area contributed by atoms with E-state index in [4.69, 9.17) is 0 Å². The van der Waals surface area contributed by atoms with Crippen molar-refractivity contribution in [3.63, 3.8) is 0 Å². The van der Waals surface area contributed by atoms with Gasteiger partial charge < -0.3 is 10.0 Å². The van der Waals surface area contributed by atoms with Gasteiger partial charge in [-0.05, 0) is 38.8 Å². The van der Waals surface area contributed by atoms with E-state index in [-0.39, 0.29) is 6.10 Å². The molecular weight excluding hydrogens is 174 g/mol. The molecule has 4 atom stereocenters. The summed E-state index contributed by atoms with van der Waals surface area (Å²) in [6, 6.07) is 0.411. The zero-order chi connectivity index (χ0) is 10.1. The van der Waals surface area contributed by atoms with Gasteiger partial charge in [0.2, 0.25) is 0 Å². The molecule has 2 aliphatic rings. The van der Waals surface area contributed by atoms with Gasteiger partial charge in [0.1, 0.15) is 0 Å². The van der Waals surface area contributed by atoms with Crippen molar-refractivity contribution in [2.45, 2.75) is 50.7 Å². The van der Waals surface area contributed by atoms with E-state index in [9.17, 15) is 5.11 Å². The summed E-state index contributed by atoms with van der Waals surface area (Å²) in [6.07, 6.45) is 7.76. The molecule has 0 aliphatic heterocycles. The molecule has 2 nitrogen and oxygen atoms in total.